The summed E-state index contributed by atoms with van der Waals surface area (Å²) in [6.07, 6.45) is 0. The first-order chi connectivity index (χ1) is 34.7. The summed E-state index contributed by atoms with van der Waals surface area (Å²) < 4.78 is 10.0. The first kappa shape index (κ1) is 39.6. The van der Waals surface area contributed by atoms with Crippen LogP contribution in [-0.2, 0) is 0 Å². The van der Waals surface area contributed by atoms with Gasteiger partial charge in [0.1, 0.15) is 0 Å². The predicted octanol–water partition coefficient (Wildman–Crippen LogP) is 18.4. The Morgan fingerprint density at radius 3 is 1.29 bits per heavy atom. The molecule has 0 spiro atoms. The summed E-state index contributed by atoms with van der Waals surface area (Å²) in [5, 5.41) is 9.99. The van der Waals surface area contributed by atoms with Crippen LogP contribution in [-0.4, -0.2) is 19.5 Å². The number of aromatic nitrogens is 4. The molecule has 70 heavy (non-hydrogen) atoms. The van der Waals surface area contributed by atoms with Crippen LogP contribution in [0, 0.1) is 0 Å². The molecule has 15 rings (SSSR count). The highest BCUT2D eigenvalue weighted by Gasteiger charge is 2.25. The van der Waals surface area contributed by atoms with Gasteiger partial charge in [0.05, 0.1) is 16.7 Å². The fourth-order valence-corrected chi connectivity index (χ4v) is 14.1. The van der Waals surface area contributed by atoms with E-state index in [2.05, 4.69) is 223 Å². The molecular weight excluding hydrogens is 909 g/mol. The van der Waals surface area contributed by atoms with Crippen molar-refractivity contribution < 1.29 is 0 Å². The molecule has 0 unspecified atom stereocenters. The summed E-state index contributed by atoms with van der Waals surface area (Å²) in [6, 6.07) is 79.2. The average molecular weight is 945 g/mol. The third-order valence-corrected chi connectivity index (χ3v) is 17.2. The number of benzene rings is 10. The van der Waals surface area contributed by atoms with Crippen LogP contribution in [0.15, 0.2) is 218 Å². The summed E-state index contributed by atoms with van der Waals surface area (Å²) in [5.74, 6) is 1.88. The largest absolute Gasteiger partial charge is 0.307 e. The minimum absolute atomic E-state index is 0.613. The SMILES string of the molecule is c1ccc(-c2cc(-c3nc(-c4ccc5c(c4)sc4ccccc45)nc(-c4ccc5c(c4)sc4ccccc45)n3)cc(-c3ccccc3)c2-n2c3ccccc3c3ccc4sc5ccccc5c4c32)cc1. The Labute approximate surface area is 413 Å². The Morgan fingerprint density at radius 1 is 0.286 bits per heavy atom. The highest BCUT2D eigenvalue weighted by molar-refractivity contribution is 7.26. The number of rotatable bonds is 6. The van der Waals surface area contributed by atoms with Crippen LogP contribution in [0.3, 0.4) is 0 Å². The van der Waals surface area contributed by atoms with Crippen LogP contribution in [0.25, 0.3) is 144 Å². The molecule has 0 N–H and O–H groups in total. The maximum absolute atomic E-state index is 5.47. The van der Waals surface area contributed by atoms with E-state index in [0.717, 1.165) is 50.1 Å². The van der Waals surface area contributed by atoms with Crippen LogP contribution in [0.4, 0.5) is 0 Å². The van der Waals surface area contributed by atoms with Crippen molar-refractivity contribution in [3.05, 3.63) is 218 Å². The molecule has 5 heterocycles. The van der Waals surface area contributed by atoms with E-state index in [4.69, 9.17) is 15.0 Å². The molecule has 0 bridgehead atoms. The number of fused-ring (bicyclic) bond motifs is 13. The van der Waals surface area contributed by atoms with Crippen LogP contribution in [0.1, 0.15) is 0 Å². The Kier molecular flexibility index (Phi) is 8.84. The molecule has 0 aliphatic rings. The van der Waals surface area contributed by atoms with E-state index in [-0.39, 0.29) is 0 Å². The first-order valence-corrected chi connectivity index (χ1v) is 25.9. The molecule has 10 aromatic carbocycles. The molecular formula is C63H36N4S3. The molecule has 0 aliphatic carbocycles. The van der Waals surface area contributed by atoms with Crippen molar-refractivity contribution in [1.82, 2.24) is 19.5 Å². The second-order valence-corrected chi connectivity index (χ2v) is 21.1. The Bertz CT molecular complexity index is 4410. The highest BCUT2D eigenvalue weighted by atomic mass is 32.1. The van der Waals surface area contributed by atoms with Crippen LogP contribution < -0.4 is 0 Å². The third-order valence-electron chi connectivity index (χ3n) is 13.8. The predicted molar refractivity (Wildman–Crippen MR) is 300 cm³/mol. The lowest BCUT2D eigenvalue weighted by Crippen LogP contribution is -2.04. The van der Waals surface area contributed by atoms with Gasteiger partial charge in [-0.05, 0) is 65.7 Å². The number of hydrogen-bond acceptors (Lipinski definition) is 6. The van der Waals surface area contributed by atoms with Gasteiger partial charge in [-0.25, -0.2) is 15.0 Å². The first-order valence-electron chi connectivity index (χ1n) is 23.4. The summed E-state index contributed by atoms with van der Waals surface area (Å²) in [4.78, 5) is 16.3. The zero-order chi connectivity index (χ0) is 45.9. The fraction of sp³-hybridized carbons (Fsp3) is 0. The van der Waals surface area contributed by atoms with Crippen molar-refractivity contribution in [2.24, 2.45) is 0 Å². The van der Waals surface area contributed by atoms with E-state index in [0.29, 0.717) is 17.5 Å². The van der Waals surface area contributed by atoms with Crippen LogP contribution >= 0.6 is 34.0 Å². The number of para-hydroxylation sites is 1. The van der Waals surface area contributed by atoms with Crippen molar-refractivity contribution in [3.63, 3.8) is 0 Å². The Balaban J connectivity index is 1.04. The van der Waals surface area contributed by atoms with Crippen LogP contribution in [0.2, 0.25) is 0 Å². The molecule has 0 radical (unpaired) electrons. The van der Waals surface area contributed by atoms with Crippen LogP contribution in [0.5, 0.6) is 0 Å². The van der Waals surface area contributed by atoms with Gasteiger partial charge in [0.2, 0.25) is 0 Å². The lowest BCUT2D eigenvalue weighted by molar-refractivity contribution is 1.07. The summed E-state index contributed by atoms with van der Waals surface area (Å²) in [6.45, 7) is 0. The van der Waals surface area contributed by atoms with E-state index in [1.807, 2.05) is 11.3 Å². The molecule has 0 saturated carbocycles. The standard InChI is InChI=1S/C63H36N4S3/c1-3-15-37(16-4-1)49-33-41(34-50(38-17-5-2-6-18-38)59(49)67-51-23-11-7-19-42(51)47-31-32-55-58(60(47)67)48-22-10-14-26-54(48)68-55)63-65-61(39-27-29-45-43-20-8-12-24-52(43)69-56(45)35-39)64-62(66-63)40-28-30-46-44-21-9-13-25-53(44)70-57(46)36-40/h1-36H. The number of hydrogen-bond donors (Lipinski definition) is 0. The lowest BCUT2D eigenvalue weighted by Gasteiger charge is -2.21. The zero-order valence-electron chi connectivity index (χ0n) is 37.3. The van der Waals surface area contributed by atoms with Crippen molar-refractivity contribution in [3.8, 4) is 62.1 Å². The van der Waals surface area contributed by atoms with E-state index < -0.39 is 0 Å². The van der Waals surface area contributed by atoms with Gasteiger partial charge >= 0.3 is 0 Å². The van der Waals surface area contributed by atoms with Gasteiger partial charge in [0.25, 0.3) is 0 Å². The normalized spacial score (nSPS) is 12.0. The smallest absolute Gasteiger partial charge is 0.164 e. The molecule has 4 nitrogen and oxygen atoms in total. The number of nitrogens with zero attached hydrogens (tertiary/aromatic N) is 4. The zero-order valence-corrected chi connectivity index (χ0v) is 39.7. The van der Waals surface area contributed by atoms with Crippen molar-refractivity contribution in [2.45, 2.75) is 0 Å². The van der Waals surface area contributed by atoms with Crippen molar-refractivity contribution >= 4 is 116 Å². The summed E-state index contributed by atoms with van der Waals surface area (Å²) in [5.41, 5.74) is 10.6. The molecule has 7 heteroatoms. The Morgan fingerprint density at radius 2 is 0.714 bits per heavy atom. The molecule has 5 aromatic heterocycles. The van der Waals surface area contributed by atoms with E-state index in [1.165, 1.54) is 76.8 Å². The molecule has 0 atom stereocenters. The van der Waals surface area contributed by atoms with Gasteiger partial charge in [-0.3, -0.25) is 0 Å². The van der Waals surface area contributed by atoms with E-state index in [9.17, 15) is 0 Å². The fourth-order valence-electron chi connectivity index (χ4n) is 10.7. The van der Waals surface area contributed by atoms with Gasteiger partial charge in [-0.15, -0.1) is 34.0 Å². The third kappa shape index (κ3) is 6.16. The van der Waals surface area contributed by atoms with Crippen molar-refractivity contribution in [1.29, 1.82) is 0 Å². The average Bonchev–Trinajstić information content (AvgIpc) is 4.19. The molecule has 0 saturated heterocycles. The van der Waals surface area contributed by atoms with Gasteiger partial charge < -0.3 is 4.57 Å². The van der Waals surface area contributed by atoms with Gasteiger partial charge in [-0.1, -0.05) is 164 Å². The maximum atomic E-state index is 5.47. The Hall–Kier alpha value is -8.33. The van der Waals surface area contributed by atoms with Gasteiger partial charge in [-0.2, -0.15) is 0 Å². The quantitative estimate of drug-likeness (QED) is 0.167. The maximum Gasteiger partial charge on any atom is 0.164 e. The topological polar surface area (TPSA) is 43.6 Å². The minimum Gasteiger partial charge on any atom is -0.307 e. The van der Waals surface area contributed by atoms with Gasteiger partial charge in [0.15, 0.2) is 17.5 Å². The van der Waals surface area contributed by atoms with E-state index in [1.54, 1.807) is 22.7 Å². The second kappa shape index (κ2) is 15.6. The summed E-state index contributed by atoms with van der Waals surface area (Å²) >= 11 is 5.47. The highest BCUT2D eigenvalue weighted by Crippen LogP contribution is 2.48. The molecule has 15 aromatic rings. The monoisotopic (exact) mass is 944 g/mol. The molecule has 0 aliphatic heterocycles. The molecule has 0 fully saturated rings. The summed E-state index contributed by atoms with van der Waals surface area (Å²) in [7, 11) is 0. The molecule has 0 amide bonds. The minimum atomic E-state index is 0.613. The lowest BCUT2D eigenvalue weighted by atomic mass is 9.92. The van der Waals surface area contributed by atoms with Gasteiger partial charge in [0, 0.05) is 99.1 Å². The number of thiophene rings is 3. The van der Waals surface area contributed by atoms with Crippen molar-refractivity contribution in [2.75, 3.05) is 0 Å². The van der Waals surface area contributed by atoms with E-state index >= 15 is 0 Å². The molecule has 326 valence electrons. The second-order valence-electron chi connectivity index (χ2n) is 17.9.